The summed E-state index contributed by atoms with van der Waals surface area (Å²) in [6, 6.07) is 8.16. The summed E-state index contributed by atoms with van der Waals surface area (Å²) in [4.78, 5) is 30.2. The van der Waals surface area contributed by atoms with Crippen LogP contribution < -0.4 is 21.7 Å². The van der Waals surface area contributed by atoms with E-state index in [0.29, 0.717) is 27.1 Å². The van der Waals surface area contributed by atoms with Crippen LogP contribution in [0.1, 0.15) is 6.92 Å². The first-order valence-corrected chi connectivity index (χ1v) is 10.2. The topological polar surface area (TPSA) is 198 Å². The lowest BCUT2D eigenvalue weighted by molar-refractivity contribution is -0.112. The SMILES string of the molecule is CC(=N)C(=O)Nc1nnc(-c2ccc(N/C(=C/Nc3c(Cl)cccc3Cl)C(=N)C(N)=O)cn2)[nH]1. The minimum atomic E-state index is -0.952. The van der Waals surface area contributed by atoms with Gasteiger partial charge in [0, 0.05) is 6.20 Å². The Morgan fingerprint density at radius 1 is 1.09 bits per heavy atom. The maximum Gasteiger partial charge on any atom is 0.271 e. The molecule has 174 valence electrons. The molecule has 0 fully saturated rings. The van der Waals surface area contributed by atoms with E-state index in [1.807, 2.05) is 0 Å². The average Bonchev–Trinajstić information content (AvgIpc) is 3.26. The molecule has 1 aromatic carbocycles. The quantitative estimate of drug-likeness (QED) is 0.219. The van der Waals surface area contributed by atoms with Crippen LogP contribution in [-0.2, 0) is 9.59 Å². The summed E-state index contributed by atoms with van der Waals surface area (Å²) >= 11 is 12.3. The van der Waals surface area contributed by atoms with Crippen LogP contribution in [-0.4, -0.2) is 43.4 Å². The monoisotopic (exact) mass is 500 g/mol. The molecule has 0 aliphatic heterocycles. The van der Waals surface area contributed by atoms with Crippen molar-refractivity contribution in [3.8, 4) is 11.5 Å². The molecule has 2 aromatic heterocycles. The number of benzene rings is 1. The standard InChI is InChI=1S/C20H18Cl2N10O2/c1-9(23)19(34)30-20-29-18(31-32-20)13-6-5-10(7-26-13)28-14(15(24)17(25)33)8-27-16-11(21)3-2-4-12(16)22/h2-8,23-24,27-28H,1H3,(H2,25,33)(H2,29,30,31,32,34)/b14-8+,23-9?,24-15?. The Bertz CT molecular complexity index is 1280. The number of primary amides is 1. The molecule has 34 heavy (non-hydrogen) atoms. The first-order valence-electron chi connectivity index (χ1n) is 9.47. The second-order valence-electron chi connectivity index (χ2n) is 6.70. The van der Waals surface area contributed by atoms with Crippen molar-refractivity contribution in [1.82, 2.24) is 20.2 Å². The fourth-order valence-corrected chi connectivity index (χ4v) is 2.99. The van der Waals surface area contributed by atoms with Crippen molar-refractivity contribution < 1.29 is 9.59 Å². The highest BCUT2D eigenvalue weighted by atomic mass is 35.5. The number of carbonyl (C=O) groups excluding carboxylic acids is 2. The van der Waals surface area contributed by atoms with Crippen molar-refractivity contribution in [2.75, 3.05) is 16.0 Å². The summed E-state index contributed by atoms with van der Waals surface area (Å²) in [7, 11) is 0. The molecule has 0 radical (unpaired) electrons. The predicted octanol–water partition coefficient (Wildman–Crippen LogP) is 3.02. The molecule has 0 saturated carbocycles. The van der Waals surface area contributed by atoms with Gasteiger partial charge in [-0.25, -0.2) is 0 Å². The predicted molar refractivity (Wildman–Crippen MR) is 130 cm³/mol. The molecule has 0 bridgehead atoms. The zero-order valence-electron chi connectivity index (χ0n) is 17.5. The number of rotatable bonds is 9. The zero-order chi connectivity index (χ0) is 24.8. The van der Waals surface area contributed by atoms with Crippen molar-refractivity contribution in [1.29, 1.82) is 10.8 Å². The van der Waals surface area contributed by atoms with Crippen LogP contribution in [0.2, 0.25) is 10.0 Å². The van der Waals surface area contributed by atoms with Gasteiger partial charge in [-0.05, 0) is 31.2 Å². The van der Waals surface area contributed by atoms with Gasteiger partial charge in [0.1, 0.15) is 11.4 Å². The molecular weight excluding hydrogens is 483 g/mol. The van der Waals surface area contributed by atoms with Gasteiger partial charge >= 0.3 is 0 Å². The average molecular weight is 501 g/mol. The molecular formula is C20H18Cl2N10O2. The number of nitrogens with one attached hydrogen (secondary N) is 6. The number of halogens is 2. The molecule has 12 nitrogen and oxygen atoms in total. The van der Waals surface area contributed by atoms with E-state index >= 15 is 0 Å². The summed E-state index contributed by atoms with van der Waals surface area (Å²) in [5.41, 5.74) is 5.88. The Hall–Kier alpha value is -4.29. The lowest BCUT2D eigenvalue weighted by Gasteiger charge is -2.12. The van der Waals surface area contributed by atoms with Crippen LogP contribution in [0.5, 0.6) is 0 Å². The minimum absolute atomic E-state index is 0.0460. The highest BCUT2D eigenvalue weighted by molar-refractivity contribution is 6.44. The van der Waals surface area contributed by atoms with Gasteiger partial charge in [-0.1, -0.05) is 29.3 Å². The second kappa shape index (κ2) is 10.6. The summed E-state index contributed by atoms with van der Waals surface area (Å²) in [6.45, 7) is 1.35. The van der Waals surface area contributed by atoms with Gasteiger partial charge in [0.05, 0.1) is 39.0 Å². The summed E-state index contributed by atoms with van der Waals surface area (Å²) in [6.07, 6.45) is 2.77. The molecule has 3 aromatic rings. The molecule has 0 unspecified atom stereocenters. The Balaban J connectivity index is 1.78. The fraction of sp³-hybridized carbons (Fsp3) is 0.0500. The van der Waals surface area contributed by atoms with Crippen LogP contribution in [0.4, 0.5) is 17.3 Å². The van der Waals surface area contributed by atoms with Crippen molar-refractivity contribution >= 4 is 63.8 Å². The fourth-order valence-electron chi connectivity index (χ4n) is 2.48. The summed E-state index contributed by atoms with van der Waals surface area (Å²) < 4.78 is 0. The van der Waals surface area contributed by atoms with E-state index in [1.165, 1.54) is 19.3 Å². The van der Waals surface area contributed by atoms with Crippen molar-refractivity contribution in [3.05, 3.63) is 58.5 Å². The first-order chi connectivity index (χ1) is 16.2. The minimum Gasteiger partial charge on any atom is -0.364 e. The number of carbonyl (C=O) groups is 2. The smallest absolute Gasteiger partial charge is 0.271 e. The molecule has 2 heterocycles. The van der Waals surface area contributed by atoms with Gasteiger partial charge in [-0.3, -0.25) is 30.7 Å². The Labute approximate surface area is 203 Å². The zero-order valence-corrected chi connectivity index (χ0v) is 19.0. The van der Waals surface area contributed by atoms with E-state index < -0.39 is 17.5 Å². The maximum atomic E-state index is 11.6. The molecule has 0 atom stereocenters. The van der Waals surface area contributed by atoms with Crippen LogP contribution in [0.25, 0.3) is 11.5 Å². The van der Waals surface area contributed by atoms with Gasteiger partial charge < -0.3 is 21.4 Å². The van der Waals surface area contributed by atoms with Crippen LogP contribution >= 0.6 is 23.2 Å². The number of pyridine rings is 1. The van der Waals surface area contributed by atoms with Gasteiger partial charge in [-0.2, -0.15) is 0 Å². The normalized spacial score (nSPS) is 11.0. The molecule has 8 N–H and O–H groups in total. The van der Waals surface area contributed by atoms with Crippen LogP contribution in [0.3, 0.4) is 0 Å². The Morgan fingerprint density at radius 3 is 2.38 bits per heavy atom. The lowest BCUT2D eigenvalue weighted by atomic mass is 10.2. The van der Waals surface area contributed by atoms with Crippen molar-refractivity contribution in [2.24, 2.45) is 5.73 Å². The van der Waals surface area contributed by atoms with Gasteiger partial charge in [-0.15, -0.1) is 10.2 Å². The number of nitrogens with two attached hydrogens (primary N) is 1. The first kappa shape index (κ1) is 24.4. The van der Waals surface area contributed by atoms with Crippen LogP contribution in [0, 0.1) is 10.8 Å². The largest absolute Gasteiger partial charge is 0.364 e. The van der Waals surface area contributed by atoms with Crippen molar-refractivity contribution in [2.45, 2.75) is 6.92 Å². The molecule has 3 rings (SSSR count). The molecule has 0 saturated heterocycles. The number of amides is 2. The number of nitrogens with zero attached hydrogens (tertiary/aromatic N) is 3. The number of hydrogen-bond acceptors (Lipinski definition) is 9. The number of H-pyrrole nitrogens is 1. The third-order valence-corrected chi connectivity index (χ3v) is 4.81. The highest BCUT2D eigenvalue weighted by Gasteiger charge is 2.14. The lowest BCUT2D eigenvalue weighted by Crippen LogP contribution is -2.27. The second-order valence-corrected chi connectivity index (χ2v) is 7.51. The van der Waals surface area contributed by atoms with E-state index in [1.54, 1.807) is 30.3 Å². The van der Waals surface area contributed by atoms with Crippen LogP contribution in [0.15, 0.2) is 48.4 Å². The van der Waals surface area contributed by atoms with Gasteiger partial charge in [0.2, 0.25) is 5.95 Å². The number of anilines is 3. The van der Waals surface area contributed by atoms with E-state index in [2.05, 4.69) is 36.1 Å². The highest BCUT2D eigenvalue weighted by Crippen LogP contribution is 2.30. The Morgan fingerprint density at radius 2 is 1.79 bits per heavy atom. The van der Waals surface area contributed by atoms with E-state index in [0.717, 1.165) is 0 Å². The molecule has 0 aliphatic rings. The number of aromatic amines is 1. The molecule has 14 heteroatoms. The van der Waals surface area contributed by atoms with Gasteiger partial charge in [0.15, 0.2) is 5.82 Å². The third-order valence-electron chi connectivity index (χ3n) is 4.18. The number of hydrogen-bond donors (Lipinski definition) is 7. The third kappa shape index (κ3) is 5.94. The van der Waals surface area contributed by atoms with E-state index in [9.17, 15) is 9.59 Å². The summed E-state index contributed by atoms with van der Waals surface area (Å²) in [5, 5.41) is 31.8. The van der Waals surface area contributed by atoms with E-state index in [4.69, 9.17) is 39.8 Å². The summed E-state index contributed by atoms with van der Waals surface area (Å²) in [5.74, 6) is -1.22. The molecule has 0 aliphatic carbocycles. The van der Waals surface area contributed by atoms with Gasteiger partial charge in [0.25, 0.3) is 11.8 Å². The molecule has 2 amide bonds. The Kier molecular flexibility index (Phi) is 7.56. The number of para-hydroxylation sites is 1. The van der Waals surface area contributed by atoms with E-state index in [-0.39, 0.29) is 23.2 Å². The number of aromatic nitrogens is 4. The van der Waals surface area contributed by atoms with Crippen molar-refractivity contribution in [3.63, 3.8) is 0 Å². The molecule has 0 spiro atoms. The maximum absolute atomic E-state index is 11.6.